The summed E-state index contributed by atoms with van der Waals surface area (Å²) in [6.45, 7) is 10.8. The number of methoxy groups -OCH3 is 1. The Morgan fingerprint density at radius 2 is 2.11 bits per heavy atom. The van der Waals surface area contributed by atoms with Gasteiger partial charge in [-0.25, -0.2) is 4.79 Å². The topological polar surface area (TPSA) is 91.3 Å². The first-order valence-corrected chi connectivity index (χ1v) is 9.00. The van der Waals surface area contributed by atoms with Crippen molar-refractivity contribution in [3.63, 3.8) is 0 Å². The van der Waals surface area contributed by atoms with E-state index in [-0.39, 0.29) is 23.7 Å². The first-order chi connectivity index (χ1) is 12.5. The fraction of sp³-hybridized carbons (Fsp3) is 0.600. The maximum Gasteiger partial charge on any atom is 0.334 e. The van der Waals surface area contributed by atoms with Gasteiger partial charge in [0, 0.05) is 25.2 Å². The molecular formula is C20H26O7. The Balaban J connectivity index is 2.11. The summed E-state index contributed by atoms with van der Waals surface area (Å²) in [4.78, 5) is 24.5. The fourth-order valence-electron chi connectivity index (χ4n) is 3.81. The van der Waals surface area contributed by atoms with Gasteiger partial charge in [-0.1, -0.05) is 20.4 Å². The highest BCUT2D eigenvalue weighted by atomic mass is 16.7. The highest BCUT2D eigenvalue weighted by Gasteiger charge is 2.55. The number of carbonyl (C=O) groups excluding carboxylic acids is 2. The number of esters is 2. The van der Waals surface area contributed by atoms with Crippen molar-refractivity contribution >= 4 is 11.9 Å². The van der Waals surface area contributed by atoms with Crippen LogP contribution in [0.4, 0.5) is 0 Å². The summed E-state index contributed by atoms with van der Waals surface area (Å²) in [5.41, 5.74) is -0.302. The molecule has 5 atom stereocenters. The summed E-state index contributed by atoms with van der Waals surface area (Å²) < 4.78 is 22.9. The van der Waals surface area contributed by atoms with Crippen molar-refractivity contribution in [1.82, 2.24) is 0 Å². The van der Waals surface area contributed by atoms with Crippen LogP contribution >= 0.6 is 0 Å². The van der Waals surface area contributed by atoms with Gasteiger partial charge in [-0.15, -0.1) is 0 Å². The summed E-state index contributed by atoms with van der Waals surface area (Å²) >= 11 is 0. The number of ether oxygens (including phenoxy) is 4. The number of aliphatic hydroxyl groups is 1. The van der Waals surface area contributed by atoms with Gasteiger partial charge in [0.05, 0.1) is 11.8 Å². The molecule has 0 spiro atoms. The van der Waals surface area contributed by atoms with Gasteiger partial charge in [0.2, 0.25) is 5.79 Å². The number of aliphatic hydroxyl groups excluding tert-OH is 1. The zero-order valence-corrected chi connectivity index (χ0v) is 16.3. The van der Waals surface area contributed by atoms with E-state index in [0.717, 1.165) is 0 Å². The van der Waals surface area contributed by atoms with Crippen molar-refractivity contribution in [2.75, 3.05) is 7.11 Å². The normalized spacial score (nSPS) is 40.3. The summed E-state index contributed by atoms with van der Waals surface area (Å²) in [5, 5.41) is 10.6. The van der Waals surface area contributed by atoms with Crippen LogP contribution in [0.3, 0.4) is 0 Å². The Kier molecular flexibility index (Phi) is 4.72. The van der Waals surface area contributed by atoms with E-state index in [0.29, 0.717) is 5.57 Å². The second-order valence-electron chi connectivity index (χ2n) is 7.84. The lowest BCUT2D eigenvalue weighted by atomic mass is 9.83. The Hall–Kier alpha value is -2.12. The molecule has 0 aliphatic carbocycles. The van der Waals surface area contributed by atoms with Crippen molar-refractivity contribution in [2.45, 2.75) is 57.7 Å². The van der Waals surface area contributed by atoms with Gasteiger partial charge >= 0.3 is 11.9 Å². The van der Waals surface area contributed by atoms with E-state index in [9.17, 15) is 14.7 Å². The zero-order chi connectivity index (χ0) is 20.1. The Labute approximate surface area is 158 Å². The third kappa shape index (κ3) is 3.08. The SMILES string of the molecule is C=C1C(=O)O[C@@H]2/C=C(/C)[C@@]3(OC)C=C(O)[C@@](C)(C[C@@H](OC(=O)C(C)C)[C@@H]12)O3. The van der Waals surface area contributed by atoms with Crippen LogP contribution in [-0.4, -0.2) is 47.8 Å². The summed E-state index contributed by atoms with van der Waals surface area (Å²) in [6, 6.07) is 0. The minimum Gasteiger partial charge on any atom is -0.509 e. The van der Waals surface area contributed by atoms with E-state index < -0.39 is 41.5 Å². The molecule has 1 saturated heterocycles. The van der Waals surface area contributed by atoms with Crippen molar-refractivity contribution in [1.29, 1.82) is 0 Å². The second-order valence-corrected chi connectivity index (χ2v) is 7.84. The molecular weight excluding hydrogens is 352 g/mol. The third-order valence-electron chi connectivity index (χ3n) is 5.50. The molecule has 7 nitrogen and oxygen atoms in total. The second kappa shape index (κ2) is 6.49. The molecule has 3 aliphatic rings. The number of fused-ring (bicyclic) bond motifs is 3. The largest absolute Gasteiger partial charge is 0.509 e. The summed E-state index contributed by atoms with van der Waals surface area (Å²) in [6.07, 6.45) is 1.90. The number of rotatable bonds is 3. The van der Waals surface area contributed by atoms with E-state index in [1.165, 1.54) is 13.2 Å². The first kappa shape index (κ1) is 19.6. The van der Waals surface area contributed by atoms with Gasteiger partial charge < -0.3 is 24.1 Å². The average molecular weight is 378 g/mol. The Bertz CT molecular complexity index is 749. The lowest BCUT2D eigenvalue weighted by molar-refractivity contribution is -0.210. The Morgan fingerprint density at radius 1 is 1.44 bits per heavy atom. The van der Waals surface area contributed by atoms with Crippen LogP contribution in [0.25, 0.3) is 0 Å². The average Bonchev–Trinajstić information content (AvgIpc) is 3.01. The molecule has 3 heterocycles. The van der Waals surface area contributed by atoms with E-state index in [2.05, 4.69) is 6.58 Å². The van der Waals surface area contributed by atoms with Gasteiger partial charge in [0.15, 0.2) is 0 Å². The fourth-order valence-corrected chi connectivity index (χ4v) is 3.81. The lowest BCUT2D eigenvalue weighted by Gasteiger charge is -2.35. The quantitative estimate of drug-likeness (QED) is 0.458. The maximum absolute atomic E-state index is 12.3. The monoisotopic (exact) mass is 378 g/mol. The van der Waals surface area contributed by atoms with Gasteiger partial charge in [0.25, 0.3) is 0 Å². The molecule has 0 saturated carbocycles. The number of hydrogen-bond acceptors (Lipinski definition) is 7. The minimum absolute atomic E-state index is 0.0167. The molecule has 27 heavy (non-hydrogen) atoms. The van der Waals surface area contributed by atoms with Crippen LogP contribution in [0.5, 0.6) is 0 Å². The molecule has 0 aromatic rings. The number of hydrogen-bond donors (Lipinski definition) is 1. The zero-order valence-electron chi connectivity index (χ0n) is 16.3. The van der Waals surface area contributed by atoms with Crippen molar-refractivity contribution < 1.29 is 33.6 Å². The predicted octanol–water partition coefficient (Wildman–Crippen LogP) is 2.58. The van der Waals surface area contributed by atoms with Gasteiger partial charge in [-0.2, -0.15) is 0 Å². The van der Waals surface area contributed by atoms with Crippen LogP contribution in [0.2, 0.25) is 0 Å². The van der Waals surface area contributed by atoms with E-state index in [1.54, 1.807) is 33.8 Å². The van der Waals surface area contributed by atoms with E-state index in [4.69, 9.17) is 18.9 Å². The van der Waals surface area contributed by atoms with Crippen LogP contribution in [0.1, 0.15) is 34.1 Å². The van der Waals surface area contributed by atoms with E-state index >= 15 is 0 Å². The lowest BCUT2D eigenvalue weighted by Crippen LogP contribution is -2.43. The molecule has 0 unspecified atom stereocenters. The highest BCUT2D eigenvalue weighted by molar-refractivity contribution is 5.91. The van der Waals surface area contributed by atoms with Crippen molar-refractivity contribution in [2.24, 2.45) is 11.8 Å². The molecule has 0 aromatic carbocycles. The molecule has 7 heteroatoms. The van der Waals surface area contributed by atoms with Crippen LogP contribution in [0, 0.1) is 11.8 Å². The Morgan fingerprint density at radius 3 is 2.70 bits per heavy atom. The van der Waals surface area contributed by atoms with Crippen molar-refractivity contribution in [3.8, 4) is 0 Å². The molecule has 3 rings (SSSR count). The molecule has 148 valence electrons. The molecule has 1 fully saturated rings. The molecule has 3 aliphatic heterocycles. The number of carbonyl (C=O) groups is 2. The predicted molar refractivity (Wildman–Crippen MR) is 95.5 cm³/mol. The van der Waals surface area contributed by atoms with Crippen molar-refractivity contribution in [3.05, 3.63) is 35.6 Å². The third-order valence-corrected chi connectivity index (χ3v) is 5.50. The molecule has 2 bridgehead atoms. The molecule has 1 N–H and O–H groups in total. The minimum atomic E-state index is -1.28. The first-order valence-electron chi connectivity index (χ1n) is 9.00. The summed E-state index contributed by atoms with van der Waals surface area (Å²) in [5.74, 6) is -3.15. The molecule has 0 amide bonds. The van der Waals surface area contributed by atoms with Crippen LogP contribution in [0.15, 0.2) is 35.6 Å². The summed E-state index contributed by atoms with van der Waals surface area (Å²) in [7, 11) is 1.47. The van der Waals surface area contributed by atoms with Crippen LogP contribution in [-0.2, 0) is 28.5 Å². The molecule has 0 aromatic heterocycles. The maximum atomic E-state index is 12.3. The van der Waals surface area contributed by atoms with Gasteiger partial charge in [-0.3, -0.25) is 4.79 Å². The standard InChI is InChI=1S/C20H26O7/c1-10(2)17(22)26-14-8-19(5)15(21)9-20(24-6,27-19)11(3)7-13-16(14)12(4)18(23)25-13/h7,9-10,13-14,16,21H,4,8H2,1-3,5-6H3/b11-7-/t13-,14-,16+,19-,20-/m1/s1. The highest BCUT2D eigenvalue weighted by Crippen LogP contribution is 2.48. The molecule has 0 radical (unpaired) electrons. The smallest absolute Gasteiger partial charge is 0.334 e. The van der Waals surface area contributed by atoms with E-state index in [1.807, 2.05) is 0 Å². The van der Waals surface area contributed by atoms with Gasteiger partial charge in [0.1, 0.15) is 23.6 Å². The van der Waals surface area contributed by atoms with Gasteiger partial charge in [-0.05, 0) is 25.5 Å². The van der Waals surface area contributed by atoms with Crippen LogP contribution < -0.4 is 0 Å².